The molecule has 17 heavy (non-hydrogen) atoms. The molecule has 0 aromatic heterocycles. The van der Waals surface area contributed by atoms with Gasteiger partial charge in [-0.15, -0.1) is 0 Å². The van der Waals surface area contributed by atoms with Gasteiger partial charge in [0.25, 0.3) is 5.91 Å². The lowest BCUT2D eigenvalue weighted by molar-refractivity contribution is 0.0721. The van der Waals surface area contributed by atoms with Crippen LogP contribution in [-0.2, 0) is 0 Å². The number of carbonyl (C=O) groups excluding carboxylic acids is 1. The maximum atomic E-state index is 12.0. The number of amides is 1. The van der Waals surface area contributed by atoms with Crippen LogP contribution in [0.4, 0.5) is 0 Å². The third-order valence-corrected chi connectivity index (χ3v) is 2.99. The number of rotatable bonds is 3. The molecule has 0 bridgehead atoms. The molecule has 3 nitrogen and oxygen atoms in total. The van der Waals surface area contributed by atoms with Crippen molar-refractivity contribution < 1.29 is 4.79 Å². The van der Waals surface area contributed by atoms with Gasteiger partial charge in [0.05, 0.1) is 0 Å². The lowest BCUT2D eigenvalue weighted by Crippen LogP contribution is -2.49. The summed E-state index contributed by atoms with van der Waals surface area (Å²) in [6.07, 6.45) is 6.34. The number of nitrogens with one attached hydrogen (secondary N) is 1. The van der Waals surface area contributed by atoms with Crippen LogP contribution in [-0.4, -0.2) is 23.5 Å². The Morgan fingerprint density at radius 3 is 2.88 bits per heavy atom. The molecule has 1 N–H and O–H groups in total. The minimum absolute atomic E-state index is 0.0284. The zero-order chi connectivity index (χ0) is 12.1. The van der Waals surface area contributed by atoms with Crippen LogP contribution in [0.25, 0.3) is 0 Å². The zero-order valence-corrected chi connectivity index (χ0v) is 10.1. The maximum Gasteiger partial charge on any atom is 0.265 e. The Hall–Kier alpha value is -1.61. The second-order valence-electron chi connectivity index (χ2n) is 4.19. The summed E-state index contributed by atoms with van der Waals surface area (Å²) < 4.78 is 0. The number of carbonyl (C=O) groups is 1. The number of hydrogen-bond acceptors (Lipinski definition) is 2. The van der Waals surface area contributed by atoms with E-state index in [9.17, 15) is 4.79 Å². The molecule has 1 amide bonds. The number of nitrogens with zero attached hydrogens (tertiary/aromatic N) is 1. The second-order valence-corrected chi connectivity index (χ2v) is 4.19. The molecule has 0 spiro atoms. The average molecular weight is 230 g/mol. The highest BCUT2D eigenvalue weighted by molar-refractivity contribution is 5.93. The maximum absolute atomic E-state index is 12.0. The number of benzene rings is 1. The molecule has 1 atom stereocenters. The molecule has 1 heterocycles. The van der Waals surface area contributed by atoms with Crippen molar-refractivity contribution in [2.24, 2.45) is 0 Å². The lowest BCUT2D eigenvalue weighted by Gasteiger charge is -2.31. The highest BCUT2D eigenvalue weighted by Gasteiger charge is 2.19. The van der Waals surface area contributed by atoms with Crippen molar-refractivity contribution in [3.63, 3.8) is 0 Å². The summed E-state index contributed by atoms with van der Waals surface area (Å²) in [4.78, 5) is 12.0. The summed E-state index contributed by atoms with van der Waals surface area (Å²) in [5.41, 5.74) is 3.68. The Labute approximate surface area is 102 Å². The van der Waals surface area contributed by atoms with Crippen LogP contribution < -0.4 is 5.43 Å². The number of hydrazine groups is 1. The average Bonchev–Trinajstić information content (AvgIpc) is 2.40. The van der Waals surface area contributed by atoms with Gasteiger partial charge in [-0.2, -0.15) is 0 Å². The van der Waals surface area contributed by atoms with Crippen LogP contribution in [0.1, 0.15) is 30.1 Å². The summed E-state index contributed by atoms with van der Waals surface area (Å²) in [5, 5.41) is 2.02. The molecule has 0 radical (unpaired) electrons. The van der Waals surface area contributed by atoms with Crippen molar-refractivity contribution in [2.45, 2.75) is 25.8 Å². The number of hydrogen-bond donors (Lipinski definition) is 1. The molecule has 1 aliphatic heterocycles. The van der Waals surface area contributed by atoms with Crippen LogP contribution in [0.15, 0.2) is 42.5 Å². The van der Waals surface area contributed by atoms with Crippen LogP contribution >= 0.6 is 0 Å². The lowest BCUT2D eigenvalue weighted by atomic mass is 10.1. The topological polar surface area (TPSA) is 32.3 Å². The molecule has 0 fully saturated rings. The molecule has 1 aromatic rings. The van der Waals surface area contributed by atoms with E-state index in [0.29, 0.717) is 11.6 Å². The SMILES string of the molecule is CCC1C=CCCN1NC(=O)c1ccccc1. The Bertz CT molecular complexity index is 400. The summed E-state index contributed by atoms with van der Waals surface area (Å²) in [7, 11) is 0. The summed E-state index contributed by atoms with van der Waals surface area (Å²) >= 11 is 0. The molecule has 1 unspecified atom stereocenters. The summed E-state index contributed by atoms with van der Waals surface area (Å²) in [6, 6.07) is 9.64. The highest BCUT2D eigenvalue weighted by Crippen LogP contribution is 2.11. The van der Waals surface area contributed by atoms with Gasteiger partial charge in [-0.3, -0.25) is 10.2 Å². The monoisotopic (exact) mass is 230 g/mol. The Morgan fingerprint density at radius 2 is 2.18 bits per heavy atom. The second kappa shape index (κ2) is 5.64. The van der Waals surface area contributed by atoms with Gasteiger partial charge in [0.1, 0.15) is 0 Å². The normalized spacial score (nSPS) is 20.2. The van der Waals surface area contributed by atoms with E-state index < -0.39 is 0 Å². The first kappa shape index (κ1) is 11.9. The van der Waals surface area contributed by atoms with Crippen molar-refractivity contribution >= 4 is 5.91 Å². The molecular formula is C14H18N2O. The van der Waals surface area contributed by atoms with Crippen LogP contribution in [0.2, 0.25) is 0 Å². The molecule has 1 aliphatic rings. The van der Waals surface area contributed by atoms with Gasteiger partial charge in [-0.05, 0) is 25.0 Å². The van der Waals surface area contributed by atoms with E-state index in [1.807, 2.05) is 35.3 Å². The molecule has 0 aliphatic carbocycles. The predicted molar refractivity (Wildman–Crippen MR) is 68.5 cm³/mol. The third-order valence-electron chi connectivity index (χ3n) is 2.99. The van der Waals surface area contributed by atoms with Gasteiger partial charge in [-0.25, -0.2) is 5.01 Å². The fourth-order valence-electron chi connectivity index (χ4n) is 2.02. The molecule has 1 aromatic carbocycles. The fourth-order valence-corrected chi connectivity index (χ4v) is 2.02. The van der Waals surface area contributed by atoms with Gasteiger partial charge in [0.2, 0.25) is 0 Å². The summed E-state index contributed by atoms with van der Waals surface area (Å²) in [6.45, 7) is 3.01. The van der Waals surface area contributed by atoms with Gasteiger partial charge in [0, 0.05) is 18.2 Å². The van der Waals surface area contributed by atoms with Crippen molar-refractivity contribution in [1.29, 1.82) is 0 Å². The third kappa shape index (κ3) is 2.94. The first-order chi connectivity index (χ1) is 8.31. The predicted octanol–water partition coefficient (Wildman–Crippen LogP) is 2.37. The van der Waals surface area contributed by atoms with E-state index in [4.69, 9.17) is 0 Å². The van der Waals surface area contributed by atoms with Crippen LogP contribution in [0.5, 0.6) is 0 Å². The van der Waals surface area contributed by atoms with E-state index in [-0.39, 0.29) is 5.91 Å². The minimum atomic E-state index is -0.0284. The van der Waals surface area contributed by atoms with Gasteiger partial charge in [0.15, 0.2) is 0 Å². The van der Waals surface area contributed by atoms with Gasteiger partial charge >= 0.3 is 0 Å². The van der Waals surface area contributed by atoms with Crippen molar-refractivity contribution in [1.82, 2.24) is 10.4 Å². The van der Waals surface area contributed by atoms with Crippen molar-refractivity contribution in [3.8, 4) is 0 Å². The van der Waals surface area contributed by atoms with E-state index in [0.717, 1.165) is 19.4 Å². The van der Waals surface area contributed by atoms with E-state index in [1.165, 1.54) is 0 Å². The van der Waals surface area contributed by atoms with Crippen LogP contribution in [0, 0.1) is 0 Å². The Balaban J connectivity index is 2.01. The largest absolute Gasteiger partial charge is 0.284 e. The quantitative estimate of drug-likeness (QED) is 0.808. The first-order valence-corrected chi connectivity index (χ1v) is 6.10. The van der Waals surface area contributed by atoms with E-state index >= 15 is 0 Å². The fraction of sp³-hybridized carbons (Fsp3) is 0.357. The van der Waals surface area contributed by atoms with Gasteiger partial charge in [-0.1, -0.05) is 37.3 Å². The molecule has 2 rings (SSSR count). The smallest absolute Gasteiger partial charge is 0.265 e. The van der Waals surface area contributed by atoms with Crippen molar-refractivity contribution in [2.75, 3.05) is 6.54 Å². The minimum Gasteiger partial charge on any atom is -0.284 e. The van der Waals surface area contributed by atoms with E-state index in [2.05, 4.69) is 24.5 Å². The first-order valence-electron chi connectivity index (χ1n) is 6.10. The molecule has 90 valence electrons. The zero-order valence-electron chi connectivity index (χ0n) is 10.1. The molecule has 0 saturated carbocycles. The van der Waals surface area contributed by atoms with Crippen LogP contribution in [0.3, 0.4) is 0 Å². The van der Waals surface area contributed by atoms with E-state index in [1.54, 1.807) is 0 Å². The Morgan fingerprint density at radius 1 is 1.41 bits per heavy atom. The standard InChI is InChI=1S/C14H18N2O/c1-2-13-10-6-7-11-16(13)15-14(17)12-8-4-3-5-9-12/h3-6,8-10,13H,2,7,11H2,1H3,(H,15,17). The molecule has 0 saturated heterocycles. The highest BCUT2D eigenvalue weighted by atomic mass is 16.2. The summed E-state index contributed by atoms with van der Waals surface area (Å²) in [5.74, 6) is -0.0284. The molecular weight excluding hydrogens is 212 g/mol. The van der Waals surface area contributed by atoms with Gasteiger partial charge < -0.3 is 0 Å². The Kier molecular flexibility index (Phi) is 3.94. The van der Waals surface area contributed by atoms with Crippen molar-refractivity contribution in [3.05, 3.63) is 48.0 Å². The molecule has 3 heteroatoms.